The standard InChI is InChI=1S/C22H26FNO4S/c1-3-17-8-10-18(11-9-17)14-24(19-12-13-29(26,27)15-19)22(25)16(2)28-21-7-5-4-6-20(21)23/h4-11,16,19H,3,12-15H2,1-2H3/t16-,19-/m0/s1. The number of benzene rings is 2. The highest BCUT2D eigenvalue weighted by Gasteiger charge is 2.36. The number of aryl methyl sites for hydroxylation is 1. The number of sulfone groups is 1. The number of para-hydroxylation sites is 1. The Labute approximate surface area is 171 Å². The van der Waals surface area contributed by atoms with Gasteiger partial charge in [-0.3, -0.25) is 4.79 Å². The van der Waals surface area contributed by atoms with Gasteiger partial charge in [0.25, 0.3) is 5.91 Å². The number of ether oxygens (including phenoxy) is 1. The van der Waals surface area contributed by atoms with Crippen molar-refractivity contribution in [3.8, 4) is 5.75 Å². The van der Waals surface area contributed by atoms with Crippen molar-refractivity contribution >= 4 is 15.7 Å². The second-order valence-electron chi connectivity index (χ2n) is 7.38. The normalized spacial score (nSPS) is 18.9. The predicted molar refractivity (Wildman–Crippen MR) is 110 cm³/mol. The fourth-order valence-corrected chi connectivity index (χ4v) is 5.23. The maximum atomic E-state index is 13.9. The lowest BCUT2D eigenvalue weighted by atomic mass is 10.1. The highest BCUT2D eigenvalue weighted by molar-refractivity contribution is 7.91. The molecule has 0 bridgehead atoms. The predicted octanol–water partition coefficient (Wildman–Crippen LogP) is 3.37. The summed E-state index contributed by atoms with van der Waals surface area (Å²) >= 11 is 0. The molecule has 0 spiro atoms. The van der Waals surface area contributed by atoms with Gasteiger partial charge in [0, 0.05) is 12.6 Å². The number of carbonyl (C=O) groups is 1. The summed E-state index contributed by atoms with van der Waals surface area (Å²) in [5, 5.41) is 0. The van der Waals surface area contributed by atoms with Crippen molar-refractivity contribution < 1.29 is 22.3 Å². The van der Waals surface area contributed by atoms with E-state index in [2.05, 4.69) is 6.92 Å². The minimum Gasteiger partial charge on any atom is -0.478 e. The third-order valence-corrected chi connectivity index (χ3v) is 6.95. The lowest BCUT2D eigenvalue weighted by Gasteiger charge is -2.31. The topological polar surface area (TPSA) is 63.7 Å². The molecule has 1 aliphatic heterocycles. The zero-order chi connectivity index (χ0) is 21.0. The van der Waals surface area contributed by atoms with Gasteiger partial charge < -0.3 is 9.64 Å². The number of hydrogen-bond donors (Lipinski definition) is 0. The maximum Gasteiger partial charge on any atom is 0.263 e. The zero-order valence-corrected chi connectivity index (χ0v) is 17.5. The molecule has 2 atom stereocenters. The average Bonchev–Trinajstić information content (AvgIpc) is 3.07. The number of amides is 1. The van der Waals surface area contributed by atoms with Gasteiger partial charge in [-0.05, 0) is 43.0 Å². The highest BCUT2D eigenvalue weighted by Crippen LogP contribution is 2.23. The Balaban J connectivity index is 1.81. The molecule has 0 N–H and O–H groups in total. The molecule has 1 fully saturated rings. The van der Waals surface area contributed by atoms with Crippen LogP contribution in [0.25, 0.3) is 0 Å². The van der Waals surface area contributed by atoms with Crippen LogP contribution in [0.1, 0.15) is 31.4 Å². The van der Waals surface area contributed by atoms with E-state index >= 15 is 0 Å². The van der Waals surface area contributed by atoms with Crippen LogP contribution in [0, 0.1) is 5.82 Å². The van der Waals surface area contributed by atoms with Gasteiger partial charge in [0.05, 0.1) is 11.5 Å². The summed E-state index contributed by atoms with van der Waals surface area (Å²) in [6.07, 6.45) is 0.371. The fourth-order valence-electron chi connectivity index (χ4n) is 3.50. The molecule has 1 heterocycles. The minimum absolute atomic E-state index is 0.000331. The van der Waals surface area contributed by atoms with Gasteiger partial charge in [-0.15, -0.1) is 0 Å². The highest BCUT2D eigenvalue weighted by atomic mass is 32.2. The van der Waals surface area contributed by atoms with E-state index in [1.54, 1.807) is 24.0 Å². The summed E-state index contributed by atoms with van der Waals surface area (Å²) in [5.41, 5.74) is 2.10. The first-order chi connectivity index (χ1) is 13.8. The molecule has 5 nitrogen and oxygen atoms in total. The van der Waals surface area contributed by atoms with E-state index in [0.717, 1.165) is 12.0 Å². The zero-order valence-electron chi connectivity index (χ0n) is 16.7. The minimum atomic E-state index is -3.16. The Morgan fingerprint density at radius 3 is 2.41 bits per heavy atom. The van der Waals surface area contributed by atoms with Crippen molar-refractivity contribution in [2.45, 2.75) is 45.4 Å². The van der Waals surface area contributed by atoms with E-state index in [-0.39, 0.29) is 29.7 Å². The Kier molecular flexibility index (Phi) is 6.57. The third-order valence-electron chi connectivity index (χ3n) is 5.20. The maximum absolute atomic E-state index is 13.9. The molecule has 0 saturated carbocycles. The first-order valence-corrected chi connectivity index (χ1v) is 11.6. The molecule has 2 aromatic carbocycles. The molecule has 0 aliphatic carbocycles. The molecular formula is C22H26FNO4S. The average molecular weight is 420 g/mol. The summed E-state index contributed by atoms with van der Waals surface area (Å²) in [6, 6.07) is 13.4. The summed E-state index contributed by atoms with van der Waals surface area (Å²) in [4.78, 5) is 14.7. The quantitative estimate of drug-likeness (QED) is 0.690. The molecular weight excluding hydrogens is 393 g/mol. The van der Waals surface area contributed by atoms with E-state index < -0.39 is 27.8 Å². The molecule has 3 rings (SSSR count). The second kappa shape index (κ2) is 8.95. The van der Waals surface area contributed by atoms with Crippen LogP contribution in [0.2, 0.25) is 0 Å². The van der Waals surface area contributed by atoms with Gasteiger partial charge in [-0.25, -0.2) is 12.8 Å². The molecule has 2 aromatic rings. The van der Waals surface area contributed by atoms with E-state index in [9.17, 15) is 17.6 Å². The van der Waals surface area contributed by atoms with Gasteiger partial charge in [-0.2, -0.15) is 0 Å². The molecule has 156 valence electrons. The van der Waals surface area contributed by atoms with Crippen molar-refractivity contribution in [1.82, 2.24) is 4.90 Å². The van der Waals surface area contributed by atoms with Crippen molar-refractivity contribution in [2.75, 3.05) is 11.5 Å². The molecule has 0 aromatic heterocycles. The number of hydrogen-bond acceptors (Lipinski definition) is 4. The van der Waals surface area contributed by atoms with Crippen molar-refractivity contribution in [3.63, 3.8) is 0 Å². The van der Waals surface area contributed by atoms with Crippen LogP contribution in [0.5, 0.6) is 5.75 Å². The van der Waals surface area contributed by atoms with E-state index in [4.69, 9.17) is 4.74 Å². The van der Waals surface area contributed by atoms with E-state index in [1.807, 2.05) is 24.3 Å². The van der Waals surface area contributed by atoms with Gasteiger partial charge in [0.1, 0.15) is 0 Å². The first-order valence-electron chi connectivity index (χ1n) is 9.79. The van der Waals surface area contributed by atoms with Crippen molar-refractivity contribution in [1.29, 1.82) is 0 Å². The number of nitrogens with zero attached hydrogens (tertiary/aromatic N) is 1. The van der Waals surface area contributed by atoms with Crippen LogP contribution in [-0.2, 0) is 27.6 Å². The van der Waals surface area contributed by atoms with Gasteiger partial charge in [0.2, 0.25) is 0 Å². The third kappa shape index (κ3) is 5.35. The molecule has 0 unspecified atom stereocenters. The van der Waals surface area contributed by atoms with Gasteiger partial charge in [0.15, 0.2) is 27.5 Å². The Hall–Kier alpha value is -2.41. The van der Waals surface area contributed by atoms with Crippen LogP contribution < -0.4 is 4.74 Å². The van der Waals surface area contributed by atoms with Crippen LogP contribution in [0.15, 0.2) is 48.5 Å². The van der Waals surface area contributed by atoms with E-state index in [0.29, 0.717) is 6.42 Å². The van der Waals surface area contributed by atoms with Crippen LogP contribution in [0.3, 0.4) is 0 Å². The Morgan fingerprint density at radius 2 is 1.83 bits per heavy atom. The summed E-state index contributed by atoms with van der Waals surface area (Å²) in [7, 11) is -3.16. The summed E-state index contributed by atoms with van der Waals surface area (Å²) in [5.74, 6) is -0.886. The number of halogens is 1. The second-order valence-corrected chi connectivity index (χ2v) is 9.61. The van der Waals surface area contributed by atoms with Crippen molar-refractivity contribution in [3.05, 3.63) is 65.5 Å². The van der Waals surface area contributed by atoms with Gasteiger partial charge in [-0.1, -0.05) is 43.3 Å². The Bertz CT molecular complexity index is 959. The lowest BCUT2D eigenvalue weighted by molar-refractivity contribution is -0.140. The fraction of sp³-hybridized carbons (Fsp3) is 0.409. The monoisotopic (exact) mass is 419 g/mol. The SMILES string of the molecule is CCc1ccc(CN(C(=O)[C@H](C)Oc2ccccc2F)[C@H]2CCS(=O)(=O)C2)cc1. The van der Waals surface area contributed by atoms with Crippen LogP contribution >= 0.6 is 0 Å². The molecule has 29 heavy (non-hydrogen) atoms. The molecule has 1 aliphatic rings. The number of carbonyl (C=O) groups excluding carboxylic acids is 1. The lowest BCUT2D eigenvalue weighted by Crippen LogP contribution is -2.46. The van der Waals surface area contributed by atoms with E-state index in [1.165, 1.54) is 17.7 Å². The molecule has 0 radical (unpaired) electrons. The Morgan fingerprint density at radius 1 is 1.17 bits per heavy atom. The van der Waals surface area contributed by atoms with Crippen molar-refractivity contribution in [2.24, 2.45) is 0 Å². The van der Waals surface area contributed by atoms with Crippen LogP contribution in [-0.4, -0.2) is 42.9 Å². The molecule has 1 saturated heterocycles. The molecule has 1 amide bonds. The summed E-state index contributed by atoms with van der Waals surface area (Å²) in [6.45, 7) is 3.91. The molecule has 7 heteroatoms. The summed E-state index contributed by atoms with van der Waals surface area (Å²) < 4.78 is 43.4. The number of rotatable bonds is 7. The van der Waals surface area contributed by atoms with Crippen LogP contribution in [0.4, 0.5) is 4.39 Å². The largest absolute Gasteiger partial charge is 0.478 e. The smallest absolute Gasteiger partial charge is 0.263 e. The first kappa shape index (κ1) is 21.3. The van der Waals surface area contributed by atoms with Gasteiger partial charge >= 0.3 is 0 Å².